The summed E-state index contributed by atoms with van der Waals surface area (Å²) in [6.07, 6.45) is 3.30. The molecule has 3 aromatic rings. The van der Waals surface area contributed by atoms with Gasteiger partial charge in [0.15, 0.2) is 0 Å². The van der Waals surface area contributed by atoms with E-state index in [0.29, 0.717) is 23.9 Å². The van der Waals surface area contributed by atoms with Gasteiger partial charge in [0.2, 0.25) is 0 Å². The Bertz CT molecular complexity index is 889. The number of aromatic nitrogens is 4. The fourth-order valence-corrected chi connectivity index (χ4v) is 2.62. The lowest BCUT2D eigenvalue weighted by atomic mass is 10.1. The quantitative estimate of drug-likeness (QED) is 0.759. The minimum Gasteiger partial charge on any atom is -0.379 e. The van der Waals surface area contributed by atoms with Gasteiger partial charge < -0.3 is 5.32 Å². The van der Waals surface area contributed by atoms with Gasteiger partial charge >= 0.3 is 0 Å². The Hall–Kier alpha value is -2.63. The molecule has 1 fully saturated rings. The van der Waals surface area contributed by atoms with Crippen LogP contribution in [-0.2, 0) is 13.0 Å². The predicted molar refractivity (Wildman–Crippen MR) is 88.7 cm³/mol. The van der Waals surface area contributed by atoms with E-state index in [1.807, 2.05) is 12.1 Å². The van der Waals surface area contributed by atoms with Gasteiger partial charge in [-0.15, -0.1) is 0 Å². The van der Waals surface area contributed by atoms with Crippen LogP contribution in [0.25, 0.3) is 5.78 Å². The van der Waals surface area contributed by atoms with Crippen LogP contribution in [0.1, 0.15) is 42.8 Å². The Morgan fingerprint density at radius 2 is 2.04 bits per heavy atom. The van der Waals surface area contributed by atoms with Crippen molar-refractivity contribution < 1.29 is 0 Å². The molecular formula is C17H19N5O. The van der Waals surface area contributed by atoms with Crippen LogP contribution < -0.4 is 10.9 Å². The molecule has 0 atom stereocenters. The summed E-state index contributed by atoms with van der Waals surface area (Å²) >= 11 is 0. The summed E-state index contributed by atoms with van der Waals surface area (Å²) in [4.78, 5) is 21.1. The Balaban J connectivity index is 1.54. The van der Waals surface area contributed by atoms with Gasteiger partial charge in [0.25, 0.3) is 11.3 Å². The van der Waals surface area contributed by atoms with E-state index < -0.39 is 0 Å². The third-order valence-electron chi connectivity index (χ3n) is 4.20. The van der Waals surface area contributed by atoms with Crippen LogP contribution in [-0.4, -0.2) is 19.6 Å². The second-order valence-corrected chi connectivity index (χ2v) is 6.01. The zero-order chi connectivity index (χ0) is 15.8. The number of anilines is 1. The van der Waals surface area contributed by atoms with Crippen molar-refractivity contribution in [3.05, 3.63) is 57.8 Å². The molecule has 6 heteroatoms. The Morgan fingerprint density at radius 3 is 2.74 bits per heavy atom. The molecule has 118 valence electrons. The van der Waals surface area contributed by atoms with Crippen LogP contribution in [0.4, 0.5) is 5.69 Å². The summed E-state index contributed by atoms with van der Waals surface area (Å²) in [6, 6.07) is 9.84. The molecule has 0 bridgehead atoms. The molecule has 2 aromatic heterocycles. The number of nitrogens with zero attached hydrogens (tertiary/aromatic N) is 3. The highest BCUT2D eigenvalue weighted by Crippen LogP contribution is 2.37. The molecule has 0 radical (unpaired) electrons. The molecule has 6 nitrogen and oxygen atoms in total. The number of H-pyrrole nitrogens is 1. The highest BCUT2D eigenvalue weighted by atomic mass is 16.1. The van der Waals surface area contributed by atoms with Crippen LogP contribution in [0, 0.1) is 0 Å². The van der Waals surface area contributed by atoms with Crippen molar-refractivity contribution in [3.63, 3.8) is 0 Å². The predicted octanol–water partition coefficient (Wildman–Crippen LogP) is 2.47. The van der Waals surface area contributed by atoms with Crippen LogP contribution in [0.3, 0.4) is 0 Å². The molecule has 23 heavy (non-hydrogen) atoms. The minimum absolute atomic E-state index is 0.118. The van der Waals surface area contributed by atoms with E-state index in [4.69, 9.17) is 0 Å². The van der Waals surface area contributed by atoms with Gasteiger partial charge in [-0.05, 0) is 37.0 Å². The Labute approximate surface area is 133 Å². The van der Waals surface area contributed by atoms with Gasteiger partial charge in [0.1, 0.15) is 5.82 Å². The molecule has 0 saturated heterocycles. The van der Waals surface area contributed by atoms with Crippen molar-refractivity contribution in [2.24, 2.45) is 0 Å². The highest BCUT2D eigenvalue weighted by Gasteiger charge is 2.27. The number of fused-ring (bicyclic) bond motifs is 1. The Morgan fingerprint density at radius 1 is 1.26 bits per heavy atom. The van der Waals surface area contributed by atoms with Crippen molar-refractivity contribution in [1.29, 1.82) is 0 Å². The van der Waals surface area contributed by atoms with Crippen molar-refractivity contribution in [2.45, 2.75) is 38.6 Å². The number of hydrogen-bond acceptors (Lipinski definition) is 4. The second-order valence-electron chi connectivity index (χ2n) is 6.01. The first-order valence-corrected chi connectivity index (χ1v) is 8.04. The summed E-state index contributed by atoms with van der Waals surface area (Å²) in [5, 5.41) is 6.35. The molecule has 0 spiro atoms. The zero-order valence-corrected chi connectivity index (χ0v) is 13.0. The lowest BCUT2D eigenvalue weighted by molar-refractivity contribution is 0.839. The summed E-state index contributed by atoms with van der Waals surface area (Å²) in [5.41, 5.74) is 2.90. The van der Waals surface area contributed by atoms with E-state index in [0.717, 1.165) is 30.8 Å². The van der Waals surface area contributed by atoms with E-state index in [1.165, 1.54) is 10.1 Å². The standard InChI is InChI=1S/C17H19N5O/c1-2-11-3-7-13(8-4-11)18-10-14-9-15(23)22-17(19-14)20-16(21-22)12-5-6-12/h3-4,7-9,12,18H,2,5-6,10H2,1H3,(H,19,20,21). The van der Waals surface area contributed by atoms with Gasteiger partial charge in [-0.1, -0.05) is 19.1 Å². The largest absolute Gasteiger partial charge is 0.379 e. The molecule has 0 amide bonds. The first-order chi connectivity index (χ1) is 11.2. The maximum Gasteiger partial charge on any atom is 0.274 e. The van der Waals surface area contributed by atoms with E-state index >= 15 is 0 Å². The number of nitrogens with one attached hydrogen (secondary N) is 2. The lowest BCUT2D eigenvalue weighted by Crippen LogP contribution is -2.17. The molecule has 1 aromatic carbocycles. The maximum absolute atomic E-state index is 12.2. The second kappa shape index (κ2) is 5.53. The van der Waals surface area contributed by atoms with E-state index in [1.54, 1.807) is 6.07 Å². The smallest absolute Gasteiger partial charge is 0.274 e. The monoisotopic (exact) mass is 309 g/mol. The fourth-order valence-electron chi connectivity index (χ4n) is 2.62. The minimum atomic E-state index is -0.118. The number of benzene rings is 1. The number of hydrogen-bond donors (Lipinski definition) is 2. The summed E-state index contributed by atoms with van der Waals surface area (Å²) in [7, 11) is 0. The van der Waals surface area contributed by atoms with Gasteiger partial charge in [-0.25, -0.2) is 4.98 Å². The highest BCUT2D eigenvalue weighted by molar-refractivity contribution is 5.45. The van der Waals surface area contributed by atoms with Gasteiger partial charge in [-0.2, -0.15) is 9.50 Å². The van der Waals surface area contributed by atoms with Crippen LogP contribution in [0.2, 0.25) is 0 Å². The molecule has 1 saturated carbocycles. The SMILES string of the molecule is CCc1ccc(NCc2cc(=O)n3[nH]c(C4CC4)nc3n2)cc1. The van der Waals surface area contributed by atoms with Gasteiger partial charge in [0, 0.05) is 17.7 Å². The molecule has 1 aliphatic carbocycles. The molecule has 2 heterocycles. The van der Waals surface area contributed by atoms with Crippen molar-refractivity contribution >= 4 is 11.5 Å². The van der Waals surface area contributed by atoms with Crippen molar-refractivity contribution in [3.8, 4) is 0 Å². The summed E-state index contributed by atoms with van der Waals surface area (Å²) < 4.78 is 1.42. The maximum atomic E-state index is 12.2. The summed E-state index contributed by atoms with van der Waals surface area (Å²) in [6.45, 7) is 2.64. The molecule has 2 N–H and O–H groups in total. The van der Waals surface area contributed by atoms with E-state index in [2.05, 4.69) is 39.4 Å². The van der Waals surface area contributed by atoms with Crippen molar-refractivity contribution in [2.75, 3.05) is 5.32 Å². The van der Waals surface area contributed by atoms with Gasteiger partial charge in [0.05, 0.1) is 12.2 Å². The first kappa shape index (κ1) is 14.0. The average molecular weight is 309 g/mol. The number of aryl methyl sites for hydroxylation is 1. The third kappa shape index (κ3) is 2.84. The first-order valence-electron chi connectivity index (χ1n) is 8.04. The zero-order valence-electron chi connectivity index (χ0n) is 13.0. The average Bonchev–Trinajstić information content (AvgIpc) is 3.33. The lowest BCUT2D eigenvalue weighted by Gasteiger charge is -2.06. The van der Waals surface area contributed by atoms with Crippen LogP contribution >= 0.6 is 0 Å². The van der Waals surface area contributed by atoms with E-state index in [9.17, 15) is 4.79 Å². The van der Waals surface area contributed by atoms with Crippen LogP contribution in [0.5, 0.6) is 0 Å². The van der Waals surface area contributed by atoms with Crippen LogP contribution in [0.15, 0.2) is 35.1 Å². The number of rotatable bonds is 5. The van der Waals surface area contributed by atoms with E-state index in [-0.39, 0.29) is 5.56 Å². The third-order valence-corrected chi connectivity index (χ3v) is 4.20. The van der Waals surface area contributed by atoms with Gasteiger partial charge in [-0.3, -0.25) is 9.89 Å². The fraction of sp³-hybridized carbons (Fsp3) is 0.353. The Kier molecular flexibility index (Phi) is 3.37. The molecule has 0 unspecified atom stereocenters. The van der Waals surface area contributed by atoms with Crippen molar-refractivity contribution in [1.82, 2.24) is 19.6 Å². The molecule has 1 aliphatic rings. The topological polar surface area (TPSA) is 75.1 Å². The molecule has 0 aliphatic heterocycles. The molecule has 4 rings (SSSR count). The number of aromatic amines is 1. The normalized spacial score (nSPS) is 14.3. The molecular weight excluding hydrogens is 290 g/mol. The summed E-state index contributed by atoms with van der Waals surface area (Å²) in [5.74, 6) is 1.79.